The fourth-order valence-electron chi connectivity index (χ4n) is 3.06. The van der Waals surface area contributed by atoms with Crippen LogP contribution in [0.1, 0.15) is 11.1 Å². The van der Waals surface area contributed by atoms with Crippen molar-refractivity contribution in [1.29, 1.82) is 0 Å². The Bertz CT molecular complexity index is 978. The third-order valence-corrected chi connectivity index (χ3v) is 4.12. The molecular weight excluding hydrogens is 313 g/mol. The van der Waals surface area contributed by atoms with Crippen LogP contribution in [0.5, 0.6) is 0 Å². The highest BCUT2D eigenvalue weighted by atomic mass is 19.4. The maximum Gasteiger partial charge on any atom is 0.416 e. The Hall–Kier alpha value is -2.82. The molecule has 2 aromatic heterocycles. The Kier molecular flexibility index (Phi) is 3.30. The molecule has 24 heavy (non-hydrogen) atoms. The van der Waals surface area contributed by atoms with Gasteiger partial charge < -0.3 is 4.57 Å². The summed E-state index contributed by atoms with van der Waals surface area (Å²) < 4.78 is 40.8. The molecule has 0 aliphatic rings. The van der Waals surface area contributed by atoms with E-state index in [-0.39, 0.29) is 0 Å². The van der Waals surface area contributed by atoms with E-state index in [0.29, 0.717) is 12.1 Å². The normalized spacial score (nSPS) is 12.1. The molecule has 5 heteroatoms. The fraction of sp³-hybridized carbons (Fsp3) is 0.105. The summed E-state index contributed by atoms with van der Waals surface area (Å²) in [5, 5.41) is 2.05. The molecule has 0 saturated carbocycles. The van der Waals surface area contributed by atoms with Gasteiger partial charge in [-0.3, -0.25) is 0 Å². The first-order valence-electron chi connectivity index (χ1n) is 7.52. The topological polar surface area (TPSA) is 17.8 Å². The summed E-state index contributed by atoms with van der Waals surface area (Å²) in [4.78, 5) is 4.43. The van der Waals surface area contributed by atoms with Gasteiger partial charge in [0.15, 0.2) is 0 Å². The summed E-state index contributed by atoms with van der Waals surface area (Å²) in [5.41, 5.74) is 1.70. The molecule has 0 amide bonds. The van der Waals surface area contributed by atoms with Gasteiger partial charge >= 0.3 is 6.18 Å². The Labute approximate surface area is 136 Å². The molecule has 120 valence electrons. The molecule has 0 spiro atoms. The number of para-hydroxylation sites is 1. The summed E-state index contributed by atoms with van der Waals surface area (Å²) >= 11 is 0. The van der Waals surface area contributed by atoms with Gasteiger partial charge in [0, 0.05) is 23.5 Å². The van der Waals surface area contributed by atoms with Crippen LogP contribution in [0.3, 0.4) is 0 Å². The van der Waals surface area contributed by atoms with Gasteiger partial charge in [0.25, 0.3) is 0 Å². The van der Waals surface area contributed by atoms with E-state index in [2.05, 4.69) is 4.98 Å². The number of hydrogen-bond acceptors (Lipinski definition) is 1. The van der Waals surface area contributed by atoms with E-state index in [0.717, 1.165) is 28.0 Å². The highest BCUT2D eigenvalue weighted by molar-refractivity contribution is 6.06. The fourth-order valence-corrected chi connectivity index (χ4v) is 3.06. The van der Waals surface area contributed by atoms with Crippen molar-refractivity contribution in [3.63, 3.8) is 0 Å². The van der Waals surface area contributed by atoms with Gasteiger partial charge in [-0.2, -0.15) is 13.2 Å². The van der Waals surface area contributed by atoms with Crippen LogP contribution < -0.4 is 0 Å². The lowest BCUT2D eigenvalue weighted by atomic mass is 10.1. The number of nitrogens with zero attached hydrogens (tertiary/aromatic N) is 2. The monoisotopic (exact) mass is 326 g/mol. The molecule has 0 aliphatic heterocycles. The first-order valence-corrected chi connectivity index (χ1v) is 7.52. The van der Waals surface area contributed by atoms with Gasteiger partial charge in [0.2, 0.25) is 0 Å². The summed E-state index contributed by atoms with van der Waals surface area (Å²) in [5.74, 6) is 0. The summed E-state index contributed by atoms with van der Waals surface area (Å²) in [6, 6.07) is 17.1. The zero-order valence-electron chi connectivity index (χ0n) is 12.6. The highest BCUT2D eigenvalue weighted by Gasteiger charge is 2.30. The second-order valence-electron chi connectivity index (χ2n) is 5.68. The molecule has 0 saturated heterocycles. The number of alkyl halides is 3. The lowest BCUT2D eigenvalue weighted by Crippen LogP contribution is -2.07. The number of halogens is 3. The molecule has 0 bridgehead atoms. The van der Waals surface area contributed by atoms with Crippen molar-refractivity contribution in [2.24, 2.45) is 0 Å². The second kappa shape index (κ2) is 5.37. The Morgan fingerprint density at radius 3 is 2.50 bits per heavy atom. The molecule has 0 fully saturated rings. The summed E-state index contributed by atoms with van der Waals surface area (Å²) in [6.07, 6.45) is -2.64. The molecule has 2 nitrogen and oxygen atoms in total. The van der Waals surface area contributed by atoms with E-state index < -0.39 is 11.7 Å². The van der Waals surface area contributed by atoms with Crippen molar-refractivity contribution in [2.75, 3.05) is 0 Å². The van der Waals surface area contributed by atoms with Crippen molar-refractivity contribution in [1.82, 2.24) is 9.55 Å². The van der Waals surface area contributed by atoms with Gasteiger partial charge in [-0.1, -0.05) is 30.3 Å². The zero-order valence-corrected chi connectivity index (χ0v) is 12.6. The second-order valence-corrected chi connectivity index (χ2v) is 5.68. The van der Waals surface area contributed by atoms with Gasteiger partial charge in [-0.25, -0.2) is 4.98 Å². The predicted molar refractivity (Wildman–Crippen MR) is 87.8 cm³/mol. The maximum absolute atomic E-state index is 12.9. The van der Waals surface area contributed by atoms with Crippen LogP contribution in [0.4, 0.5) is 13.2 Å². The summed E-state index contributed by atoms with van der Waals surface area (Å²) in [7, 11) is 0. The SMILES string of the molecule is FC(F)(F)c1cccc(Cn2c3ccccc3c3cccnc32)c1. The number of aromatic nitrogens is 2. The van der Waals surface area contributed by atoms with Crippen LogP contribution in [0.2, 0.25) is 0 Å². The van der Waals surface area contributed by atoms with Crippen LogP contribution in [0.15, 0.2) is 66.9 Å². The summed E-state index contributed by atoms with van der Waals surface area (Å²) in [6.45, 7) is 0.338. The molecular formula is C19H13F3N2. The smallest absolute Gasteiger partial charge is 0.321 e. The number of fused-ring (bicyclic) bond motifs is 3. The molecule has 2 aromatic carbocycles. The third-order valence-electron chi connectivity index (χ3n) is 4.12. The largest absolute Gasteiger partial charge is 0.416 e. The molecule has 0 N–H and O–H groups in total. The Morgan fingerprint density at radius 2 is 1.67 bits per heavy atom. The standard InChI is InChI=1S/C19H13F3N2/c20-19(21,22)14-6-3-5-13(11-14)12-24-17-9-2-1-7-15(17)16-8-4-10-23-18(16)24/h1-11H,12H2. The molecule has 0 unspecified atom stereocenters. The van der Waals surface area contributed by atoms with E-state index in [9.17, 15) is 13.2 Å². The predicted octanol–water partition coefficient (Wildman–Crippen LogP) is 5.26. The van der Waals surface area contributed by atoms with E-state index in [1.165, 1.54) is 12.1 Å². The van der Waals surface area contributed by atoms with Crippen LogP contribution in [-0.2, 0) is 12.7 Å². The zero-order chi connectivity index (χ0) is 16.7. The molecule has 4 aromatic rings. The van der Waals surface area contributed by atoms with Crippen LogP contribution >= 0.6 is 0 Å². The molecule has 0 atom stereocenters. The highest BCUT2D eigenvalue weighted by Crippen LogP contribution is 2.31. The lowest BCUT2D eigenvalue weighted by Gasteiger charge is -2.10. The van der Waals surface area contributed by atoms with E-state index in [4.69, 9.17) is 0 Å². The first-order chi connectivity index (χ1) is 11.5. The average Bonchev–Trinajstić information content (AvgIpc) is 2.89. The Balaban J connectivity index is 1.88. The average molecular weight is 326 g/mol. The number of benzene rings is 2. The van der Waals surface area contributed by atoms with Gasteiger partial charge in [0.1, 0.15) is 5.65 Å². The molecule has 0 radical (unpaired) electrons. The minimum absolute atomic E-state index is 0.338. The van der Waals surface area contributed by atoms with Gasteiger partial charge in [0.05, 0.1) is 11.1 Å². The molecule has 0 aliphatic carbocycles. The third kappa shape index (κ3) is 2.42. The van der Waals surface area contributed by atoms with Crippen molar-refractivity contribution >= 4 is 21.9 Å². The minimum atomic E-state index is -4.34. The number of rotatable bonds is 2. The Morgan fingerprint density at radius 1 is 0.875 bits per heavy atom. The van der Waals surface area contributed by atoms with E-state index >= 15 is 0 Å². The van der Waals surface area contributed by atoms with Crippen LogP contribution in [0, 0.1) is 0 Å². The van der Waals surface area contributed by atoms with Crippen molar-refractivity contribution in [3.05, 3.63) is 78.0 Å². The van der Waals surface area contributed by atoms with E-state index in [1.54, 1.807) is 12.3 Å². The van der Waals surface area contributed by atoms with Crippen molar-refractivity contribution < 1.29 is 13.2 Å². The quantitative estimate of drug-likeness (QED) is 0.491. The number of hydrogen-bond donors (Lipinski definition) is 0. The van der Waals surface area contributed by atoms with Crippen molar-refractivity contribution in [2.45, 2.75) is 12.7 Å². The van der Waals surface area contributed by atoms with Gasteiger partial charge in [-0.05, 0) is 35.9 Å². The number of pyridine rings is 1. The van der Waals surface area contributed by atoms with Gasteiger partial charge in [-0.15, -0.1) is 0 Å². The lowest BCUT2D eigenvalue weighted by molar-refractivity contribution is -0.137. The van der Waals surface area contributed by atoms with Crippen molar-refractivity contribution in [3.8, 4) is 0 Å². The first kappa shape index (κ1) is 14.8. The molecule has 4 rings (SSSR count). The minimum Gasteiger partial charge on any atom is -0.321 e. The van der Waals surface area contributed by atoms with Crippen LogP contribution in [-0.4, -0.2) is 9.55 Å². The van der Waals surface area contributed by atoms with Crippen LogP contribution in [0.25, 0.3) is 21.9 Å². The maximum atomic E-state index is 12.9. The van der Waals surface area contributed by atoms with E-state index in [1.807, 2.05) is 41.0 Å². The molecule has 2 heterocycles.